The first-order chi connectivity index (χ1) is 4.92. The summed E-state index contributed by atoms with van der Waals surface area (Å²) >= 11 is 0. The molecule has 1 saturated carbocycles. The van der Waals surface area contributed by atoms with Gasteiger partial charge < -0.3 is 10.1 Å². The molecule has 2 rings (SSSR count). The minimum Gasteiger partial charge on any atom is -0.396 e. The first kappa shape index (κ1) is 5.92. The summed E-state index contributed by atoms with van der Waals surface area (Å²) in [5, 5.41) is 8.74. The third kappa shape index (κ3) is 0.827. The van der Waals surface area contributed by atoms with E-state index in [-0.39, 0.29) is 0 Å². The Balaban J connectivity index is 2.05. The first-order valence-corrected chi connectivity index (χ1v) is 3.51. The molecule has 10 heavy (non-hydrogen) atoms. The molecule has 54 valence electrons. The van der Waals surface area contributed by atoms with Gasteiger partial charge in [-0.05, 0) is 12.3 Å². The predicted molar refractivity (Wildman–Crippen MR) is 36.5 cm³/mol. The average Bonchev–Trinajstić information content (AvgIpc) is 2.56. The standard InChI is InChI=1S/C7H10N2O/c10-3-5-1-6(5)7-2-8-4-9-7/h2,4-6,10H,1,3H2,(H,8,9)/t5-,6+/m0/s1. The van der Waals surface area contributed by atoms with Crippen LogP contribution in [-0.4, -0.2) is 21.7 Å². The number of nitrogens with one attached hydrogen (secondary N) is 1. The Morgan fingerprint density at radius 1 is 1.80 bits per heavy atom. The highest BCUT2D eigenvalue weighted by Gasteiger charge is 2.38. The lowest BCUT2D eigenvalue weighted by Crippen LogP contribution is -1.87. The van der Waals surface area contributed by atoms with Crippen molar-refractivity contribution in [3.63, 3.8) is 0 Å². The van der Waals surface area contributed by atoms with Crippen LogP contribution in [0.25, 0.3) is 0 Å². The highest BCUT2D eigenvalue weighted by molar-refractivity contribution is 5.14. The van der Waals surface area contributed by atoms with E-state index in [1.54, 1.807) is 6.33 Å². The average molecular weight is 138 g/mol. The lowest BCUT2D eigenvalue weighted by atomic mass is 10.2. The number of hydrogen-bond acceptors (Lipinski definition) is 2. The molecular weight excluding hydrogens is 128 g/mol. The van der Waals surface area contributed by atoms with E-state index in [1.807, 2.05) is 6.20 Å². The molecule has 1 aliphatic rings. The van der Waals surface area contributed by atoms with Gasteiger partial charge in [0.1, 0.15) is 0 Å². The fourth-order valence-electron chi connectivity index (χ4n) is 1.30. The Kier molecular flexibility index (Phi) is 1.24. The molecular formula is C7H10N2O. The molecule has 1 aromatic heterocycles. The maximum absolute atomic E-state index is 8.74. The van der Waals surface area contributed by atoms with E-state index in [1.165, 1.54) is 5.69 Å². The monoisotopic (exact) mass is 138 g/mol. The number of hydrogen-bond donors (Lipinski definition) is 2. The van der Waals surface area contributed by atoms with Crippen LogP contribution < -0.4 is 0 Å². The largest absolute Gasteiger partial charge is 0.396 e. The highest BCUT2D eigenvalue weighted by Crippen LogP contribution is 2.45. The van der Waals surface area contributed by atoms with Crippen molar-refractivity contribution >= 4 is 0 Å². The summed E-state index contributed by atoms with van der Waals surface area (Å²) in [5.41, 5.74) is 1.17. The van der Waals surface area contributed by atoms with Gasteiger partial charge in [-0.1, -0.05) is 0 Å². The van der Waals surface area contributed by atoms with Gasteiger partial charge in [-0.3, -0.25) is 0 Å². The Bertz CT molecular complexity index is 207. The Hall–Kier alpha value is -0.830. The van der Waals surface area contributed by atoms with E-state index in [9.17, 15) is 0 Å². The van der Waals surface area contributed by atoms with Crippen molar-refractivity contribution in [3.05, 3.63) is 18.2 Å². The summed E-state index contributed by atoms with van der Waals surface area (Å²) in [6.45, 7) is 0.309. The number of H-pyrrole nitrogens is 1. The molecule has 0 bridgehead atoms. The summed E-state index contributed by atoms with van der Waals surface area (Å²) in [7, 11) is 0. The summed E-state index contributed by atoms with van der Waals surface area (Å²) in [4.78, 5) is 6.96. The van der Waals surface area contributed by atoms with E-state index in [4.69, 9.17) is 5.11 Å². The van der Waals surface area contributed by atoms with Gasteiger partial charge in [0.25, 0.3) is 0 Å². The fourth-order valence-corrected chi connectivity index (χ4v) is 1.30. The smallest absolute Gasteiger partial charge is 0.0921 e. The quantitative estimate of drug-likeness (QED) is 0.625. The van der Waals surface area contributed by atoms with Crippen LogP contribution in [0.5, 0.6) is 0 Å². The molecule has 0 spiro atoms. The van der Waals surface area contributed by atoms with Gasteiger partial charge in [0.05, 0.1) is 6.33 Å². The molecule has 3 heteroatoms. The zero-order valence-electron chi connectivity index (χ0n) is 5.62. The molecule has 0 radical (unpaired) electrons. The van der Waals surface area contributed by atoms with Crippen molar-refractivity contribution in [2.24, 2.45) is 5.92 Å². The maximum atomic E-state index is 8.74. The predicted octanol–water partition coefficient (Wildman–Crippen LogP) is 0.505. The van der Waals surface area contributed by atoms with Gasteiger partial charge in [-0.15, -0.1) is 0 Å². The van der Waals surface area contributed by atoms with Crippen LogP contribution in [0.2, 0.25) is 0 Å². The van der Waals surface area contributed by atoms with Crippen molar-refractivity contribution < 1.29 is 5.11 Å². The van der Waals surface area contributed by atoms with Gasteiger partial charge in [0.15, 0.2) is 0 Å². The number of aliphatic hydroxyl groups excluding tert-OH is 1. The fraction of sp³-hybridized carbons (Fsp3) is 0.571. The van der Waals surface area contributed by atoms with Gasteiger partial charge in [0, 0.05) is 24.4 Å². The number of rotatable bonds is 2. The van der Waals surface area contributed by atoms with Crippen molar-refractivity contribution in [1.29, 1.82) is 0 Å². The van der Waals surface area contributed by atoms with Crippen molar-refractivity contribution in [2.75, 3.05) is 6.61 Å². The summed E-state index contributed by atoms with van der Waals surface area (Å²) in [6.07, 6.45) is 4.63. The van der Waals surface area contributed by atoms with Crippen LogP contribution in [0.3, 0.4) is 0 Å². The number of aromatic amines is 1. The zero-order valence-corrected chi connectivity index (χ0v) is 5.62. The van der Waals surface area contributed by atoms with E-state index in [0.717, 1.165) is 6.42 Å². The van der Waals surface area contributed by atoms with Gasteiger partial charge in [0.2, 0.25) is 0 Å². The second-order valence-corrected chi connectivity index (χ2v) is 2.79. The summed E-state index contributed by atoms with van der Waals surface area (Å²) in [6, 6.07) is 0. The Morgan fingerprint density at radius 2 is 2.70 bits per heavy atom. The maximum Gasteiger partial charge on any atom is 0.0921 e. The van der Waals surface area contributed by atoms with Crippen molar-refractivity contribution in [2.45, 2.75) is 12.3 Å². The molecule has 0 saturated heterocycles. The lowest BCUT2D eigenvalue weighted by molar-refractivity contribution is 0.273. The topological polar surface area (TPSA) is 48.9 Å². The van der Waals surface area contributed by atoms with Crippen molar-refractivity contribution in [1.82, 2.24) is 9.97 Å². The van der Waals surface area contributed by atoms with E-state index in [0.29, 0.717) is 18.4 Å². The van der Waals surface area contributed by atoms with Gasteiger partial charge in [-0.25, -0.2) is 4.98 Å². The van der Waals surface area contributed by atoms with Crippen molar-refractivity contribution in [3.8, 4) is 0 Å². The van der Waals surface area contributed by atoms with Crippen LogP contribution in [0.1, 0.15) is 18.0 Å². The minimum atomic E-state index is 0.309. The number of aliphatic hydroxyl groups is 1. The summed E-state index contributed by atoms with van der Waals surface area (Å²) < 4.78 is 0. The second-order valence-electron chi connectivity index (χ2n) is 2.79. The van der Waals surface area contributed by atoms with E-state index < -0.39 is 0 Å². The Morgan fingerprint density at radius 3 is 3.20 bits per heavy atom. The SMILES string of the molecule is OC[C@@H]1C[C@H]1c1cnc[nH]1. The number of imidazole rings is 1. The molecule has 0 aliphatic heterocycles. The lowest BCUT2D eigenvalue weighted by Gasteiger charge is -1.89. The molecule has 1 aliphatic carbocycles. The van der Waals surface area contributed by atoms with Crippen LogP contribution >= 0.6 is 0 Å². The molecule has 1 fully saturated rings. The minimum absolute atomic E-state index is 0.309. The van der Waals surface area contributed by atoms with E-state index >= 15 is 0 Å². The normalized spacial score (nSPS) is 30.5. The molecule has 2 atom stereocenters. The van der Waals surface area contributed by atoms with E-state index in [2.05, 4.69) is 9.97 Å². The molecule has 1 aromatic rings. The van der Waals surface area contributed by atoms with Gasteiger partial charge in [-0.2, -0.15) is 0 Å². The van der Waals surface area contributed by atoms with Crippen LogP contribution in [0.4, 0.5) is 0 Å². The Labute approximate surface area is 59.1 Å². The number of nitrogens with zero attached hydrogens (tertiary/aromatic N) is 1. The highest BCUT2D eigenvalue weighted by atomic mass is 16.3. The van der Waals surface area contributed by atoms with Gasteiger partial charge >= 0.3 is 0 Å². The van der Waals surface area contributed by atoms with Crippen LogP contribution in [-0.2, 0) is 0 Å². The van der Waals surface area contributed by atoms with Crippen LogP contribution in [0, 0.1) is 5.92 Å². The third-order valence-electron chi connectivity index (χ3n) is 2.08. The molecule has 3 nitrogen and oxygen atoms in total. The molecule has 0 amide bonds. The second kappa shape index (κ2) is 2.09. The first-order valence-electron chi connectivity index (χ1n) is 3.51. The zero-order chi connectivity index (χ0) is 6.97. The number of aromatic nitrogens is 2. The molecule has 0 unspecified atom stereocenters. The molecule has 2 N–H and O–H groups in total. The third-order valence-corrected chi connectivity index (χ3v) is 2.08. The molecule has 0 aromatic carbocycles. The molecule has 1 heterocycles. The summed E-state index contributed by atoms with van der Waals surface area (Å²) in [5.74, 6) is 1.04. The van der Waals surface area contributed by atoms with Crippen LogP contribution in [0.15, 0.2) is 12.5 Å².